The zero-order valence-electron chi connectivity index (χ0n) is 15.1. The lowest BCUT2D eigenvalue weighted by molar-refractivity contribution is -0.140. The Kier molecular flexibility index (Phi) is 4.63. The molecule has 2 heterocycles. The molecular formula is C18H24F2N4O3. The van der Waals surface area contributed by atoms with Crippen molar-refractivity contribution in [1.29, 1.82) is 0 Å². The molecule has 0 spiro atoms. The summed E-state index contributed by atoms with van der Waals surface area (Å²) in [5.41, 5.74) is -0.103. The molecule has 1 aromatic heterocycles. The molecule has 4 rings (SSSR count). The van der Waals surface area contributed by atoms with Crippen LogP contribution in [0.1, 0.15) is 55.4 Å². The van der Waals surface area contributed by atoms with Gasteiger partial charge in [0.05, 0.1) is 6.20 Å². The van der Waals surface area contributed by atoms with Crippen LogP contribution in [0.5, 0.6) is 0 Å². The third-order valence-corrected chi connectivity index (χ3v) is 6.44. The van der Waals surface area contributed by atoms with E-state index in [0.717, 1.165) is 19.3 Å². The average Bonchev–Trinajstić information content (AvgIpc) is 3.00. The van der Waals surface area contributed by atoms with E-state index in [1.54, 1.807) is 0 Å². The van der Waals surface area contributed by atoms with Crippen molar-refractivity contribution in [2.45, 2.75) is 63.5 Å². The van der Waals surface area contributed by atoms with Crippen molar-refractivity contribution in [3.8, 4) is 0 Å². The molecule has 148 valence electrons. The summed E-state index contributed by atoms with van der Waals surface area (Å²) in [4.78, 5) is 25.8. The zero-order valence-corrected chi connectivity index (χ0v) is 15.1. The lowest BCUT2D eigenvalue weighted by Crippen LogP contribution is -2.47. The SMILES string of the molecule is O=C(O)c1cn(CCC2CCCCN2C(=O)[C@@H]2CC[C@H]3[C@@H](C2)C3(F)F)nn1. The lowest BCUT2D eigenvalue weighted by Gasteiger charge is -2.38. The lowest BCUT2D eigenvalue weighted by atomic mass is 9.86. The Morgan fingerprint density at radius 3 is 2.74 bits per heavy atom. The number of nitrogens with zero attached hydrogens (tertiary/aromatic N) is 4. The van der Waals surface area contributed by atoms with Crippen LogP contribution < -0.4 is 0 Å². The van der Waals surface area contributed by atoms with Gasteiger partial charge in [0, 0.05) is 36.9 Å². The fourth-order valence-electron chi connectivity index (χ4n) is 4.82. The van der Waals surface area contributed by atoms with E-state index in [-0.39, 0.29) is 23.6 Å². The van der Waals surface area contributed by atoms with Crippen LogP contribution in [0, 0.1) is 17.8 Å². The summed E-state index contributed by atoms with van der Waals surface area (Å²) in [6.45, 7) is 1.14. The summed E-state index contributed by atoms with van der Waals surface area (Å²) in [6, 6.07) is 0.0427. The molecule has 1 aromatic rings. The number of carbonyl (C=O) groups excluding carboxylic acids is 1. The Hall–Kier alpha value is -2.06. The Morgan fingerprint density at radius 1 is 1.22 bits per heavy atom. The number of piperidine rings is 1. The predicted molar refractivity (Wildman–Crippen MR) is 90.2 cm³/mol. The van der Waals surface area contributed by atoms with Gasteiger partial charge in [-0.2, -0.15) is 0 Å². The Morgan fingerprint density at radius 2 is 2.04 bits per heavy atom. The highest BCUT2D eigenvalue weighted by Gasteiger charge is 2.69. The molecule has 4 atom stereocenters. The van der Waals surface area contributed by atoms with Gasteiger partial charge in [0.1, 0.15) is 0 Å². The number of hydrogen-bond acceptors (Lipinski definition) is 4. The standard InChI is InChI=1S/C18H24F2N4O3/c19-18(20)13-5-4-11(9-14(13)18)16(25)24-7-2-1-3-12(24)6-8-23-10-15(17(26)27)21-22-23/h10-14H,1-9H2,(H,26,27)/t11-,12?,13+,14-/m1/s1. The first-order valence-corrected chi connectivity index (χ1v) is 9.69. The minimum Gasteiger partial charge on any atom is -0.476 e. The van der Waals surface area contributed by atoms with Crippen molar-refractivity contribution in [2.24, 2.45) is 17.8 Å². The number of amides is 1. The molecule has 0 aromatic carbocycles. The van der Waals surface area contributed by atoms with Gasteiger partial charge in [-0.25, -0.2) is 13.6 Å². The van der Waals surface area contributed by atoms with E-state index < -0.39 is 23.7 Å². The van der Waals surface area contributed by atoms with Gasteiger partial charge in [0.15, 0.2) is 5.69 Å². The molecule has 9 heteroatoms. The van der Waals surface area contributed by atoms with Gasteiger partial charge in [-0.05, 0) is 44.9 Å². The van der Waals surface area contributed by atoms with Crippen molar-refractivity contribution in [3.63, 3.8) is 0 Å². The molecule has 1 unspecified atom stereocenters. The minimum absolute atomic E-state index is 0.0191. The minimum atomic E-state index is -2.56. The van der Waals surface area contributed by atoms with E-state index in [9.17, 15) is 18.4 Å². The van der Waals surface area contributed by atoms with Gasteiger partial charge in [0.25, 0.3) is 5.92 Å². The van der Waals surface area contributed by atoms with Crippen molar-refractivity contribution in [2.75, 3.05) is 6.54 Å². The van der Waals surface area contributed by atoms with Crippen LogP contribution in [0.4, 0.5) is 8.78 Å². The molecule has 0 radical (unpaired) electrons. The molecule has 3 aliphatic rings. The number of aromatic carboxylic acids is 1. The Bertz CT molecular complexity index is 738. The maximum absolute atomic E-state index is 13.6. The third kappa shape index (κ3) is 3.43. The first-order valence-electron chi connectivity index (χ1n) is 9.69. The molecule has 1 N–H and O–H groups in total. The largest absolute Gasteiger partial charge is 0.476 e. The van der Waals surface area contributed by atoms with Gasteiger partial charge in [-0.15, -0.1) is 5.10 Å². The Balaban J connectivity index is 1.37. The second kappa shape index (κ2) is 6.83. The van der Waals surface area contributed by atoms with Crippen molar-refractivity contribution in [1.82, 2.24) is 19.9 Å². The predicted octanol–water partition coefficient (Wildman–Crippen LogP) is 2.43. The van der Waals surface area contributed by atoms with E-state index in [1.807, 2.05) is 4.90 Å². The topological polar surface area (TPSA) is 88.3 Å². The molecule has 1 amide bonds. The highest BCUT2D eigenvalue weighted by atomic mass is 19.3. The van der Waals surface area contributed by atoms with Crippen LogP contribution in [0.25, 0.3) is 0 Å². The fraction of sp³-hybridized carbons (Fsp3) is 0.778. The van der Waals surface area contributed by atoms with E-state index in [1.165, 1.54) is 10.9 Å². The fourth-order valence-corrected chi connectivity index (χ4v) is 4.82. The van der Waals surface area contributed by atoms with Crippen molar-refractivity contribution < 1.29 is 23.5 Å². The van der Waals surface area contributed by atoms with Gasteiger partial charge in [-0.3, -0.25) is 9.48 Å². The number of aromatic nitrogens is 3. The van der Waals surface area contributed by atoms with Gasteiger partial charge in [-0.1, -0.05) is 5.21 Å². The second-order valence-electron chi connectivity index (χ2n) is 8.04. The summed E-state index contributed by atoms with van der Waals surface area (Å²) < 4.78 is 28.8. The number of halogens is 2. The maximum Gasteiger partial charge on any atom is 0.358 e. The van der Waals surface area contributed by atoms with Gasteiger partial charge >= 0.3 is 5.97 Å². The number of alkyl halides is 2. The highest BCUT2D eigenvalue weighted by Crippen LogP contribution is 2.63. The molecular weight excluding hydrogens is 358 g/mol. The first-order chi connectivity index (χ1) is 12.9. The number of carboxylic acids is 1. The number of likely N-dealkylation sites (tertiary alicyclic amines) is 1. The first kappa shape index (κ1) is 18.3. The van der Waals surface area contributed by atoms with E-state index >= 15 is 0 Å². The number of fused-ring (bicyclic) bond motifs is 1. The number of hydrogen-bond donors (Lipinski definition) is 1. The van der Waals surface area contributed by atoms with Crippen LogP contribution in [0.3, 0.4) is 0 Å². The second-order valence-corrected chi connectivity index (χ2v) is 8.04. The summed E-state index contributed by atoms with van der Waals surface area (Å²) in [6.07, 6.45) is 6.19. The maximum atomic E-state index is 13.6. The molecule has 2 saturated carbocycles. The zero-order chi connectivity index (χ0) is 19.2. The molecule has 2 aliphatic carbocycles. The number of carboxylic acid groups (broad SMARTS) is 1. The smallest absolute Gasteiger partial charge is 0.358 e. The van der Waals surface area contributed by atoms with Crippen LogP contribution in [0.2, 0.25) is 0 Å². The van der Waals surface area contributed by atoms with Crippen LogP contribution in [-0.2, 0) is 11.3 Å². The molecule has 7 nitrogen and oxygen atoms in total. The quantitative estimate of drug-likeness (QED) is 0.845. The molecule has 1 aliphatic heterocycles. The molecule has 1 saturated heterocycles. The summed E-state index contributed by atoms with van der Waals surface area (Å²) in [7, 11) is 0. The number of rotatable bonds is 5. The molecule has 3 fully saturated rings. The van der Waals surface area contributed by atoms with E-state index in [4.69, 9.17) is 5.11 Å². The highest BCUT2D eigenvalue weighted by molar-refractivity contribution is 5.84. The number of aryl methyl sites for hydroxylation is 1. The summed E-state index contributed by atoms with van der Waals surface area (Å²) >= 11 is 0. The van der Waals surface area contributed by atoms with Crippen LogP contribution in [0.15, 0.2) is 6.20 Å². The van der Waals surface area contributed by atoms with Crippen LogP contribution in [-0.4, -0.2) is 55.4 Å². The summed E-state index contributed by atoms with van der Waals surface area (Å²) in [5, 5.41) is 16.3. The normalized spacial score (nSPS) is 32.0. The molecule has 0 bridgehead atoms. The van der Waals surface area contributed by atoms with E-state index in [0.29, 0.717) is 38.8 Å². The van der Waals surface area contributed by atoms with Crippen molar-refractivity contribution >= 4 is 11.9 Å². The summed E-state index contributed by atoms with van der Waals surface area (Å²) in [5.74, 6) is -5.06. The van der Waals surface area contributed by atoms with E-state index in [2.05, 4.69) is 10.3 Å². The number of carbonyl (C=O) groups is 2. The Labute approximate surface area is 155 Å². The average molecular weight is 382 g/mol. The molecule has 27 heavy (non-hydrogen) atoms. The third-order valence-electron chi connectivity index (χ3n) is 6.44. The van der Waals surface area contributed by atoms with Gasteiger partial charge < -0.3 is 10.0 Å². The monoisotopic (exact) mass is 382 g/mol. The van der Waals surface area contributed by atoms with Crippen molar-refractivity contribution in [3.05, 3.63) is 11.9 Å². The van der Waals surface area contributed by atoms with Crippen LogP contribution >= 0.6 is 0 Å². The van der Waals surface area contributed by atoms with Gasteiger partial charge in [0.2, 0.25) is 5.91 Å².